The van der Waals surface area contributed by atoms with Gasteiger partial charge in [0.25, 0.3) is 5.92 Å². The van der Waals surface area contributed by atoms with Crippen LogP contribution in [0.2, 0.25) is 0 Å². The number of hydrogen-bond acceptors (Lipinski definition) is 2. The number of carboxylic acid groups (broad SMARTS) is 1. The number of carboxylic acids is 1. The molecule has 1 aliphatic rings. The Morgan fingerprint density at radius 2 is 2.22 bits per heavy atom. The first-order valence-corrected chi connectivity index (χ1v) is 5.27. The SMILES string of the molecule is C=C/C(Cl)=C1/OC(C(C)(F)F)C(C(=O)O)=CC1=C. The minimum atomic E-state index is -3.37. The van der Waals surface area contributed by atoms with Gasteiger partial charge in [-0.3, -0.25) is 0 Å². The van der Waals surface area contributed by atoms with Crippen LogP contribution >= 0.6 is 11.6 Å². The molecule has 0 amide bonds. The molecule has 0 aliphatic carbocycles. The second-order valence-electron chi connectivity index (χ2n) is 3.77. The molecule has 0 aromatic rings. The van der Waals surface area contributed by atoms with Crippen molar-refractivity contribution in [3.63, 3.8) is 0 Å². The van der Waals surface area contributed by atoms with Crippen LogP contribution in [0.4, 0.5) is 8.78 Å². The zero-order valence-electron chi connectivity index (χ0n) is 9.54. The quantitative estimate of drug-likeness (QED) is 0.861. The van der Waals surface area contributed by atoms with E-state index in [1.807, 2.05) is 0 Å². The van der Waals surface area contributed by atoms with E-state index in [0.717, 1.165) is 6.08 Å². The first-order chi connectivity index (χ1) is 8.18. The van der Waals surface area contributed by atoms with E-state index in [2.05, 4.69) is 13.2 Å². The van der Waals surface area contributed by atoms with Gasteiger partial charge in [-0.1, -0.05) is 24.8 Å². The zero-order valence-corrected chi connectivity index (χ0v) is 10.3. The van der Waals surface area contributed by atoms with Crippen LogP contribution in [0.15, 0.2) is 47.2 Å². The van der Waals surface area contributed by atoms with Crippen LogP contribution in [0, 0.1) is 0 Å². The van der Waals surface area contributed by atoms with Crippen LogP contribution in [-0.2, 0) is 9.53 Å². The van der Waals surface area contributed by atoms with Crippen LogP contribution in [0.1, 0.15) is 6.92 Å². The zero-order chi connectivity index (χ0) is 14.1. The van der Waals surface area contributed by atoms with Gasteiger partial charge in [0.05, 0.1) is 10.6 Å². The lowest BCUT2D eigenvalue weighted by Crippen LogP contribution is -2.39. The molecule has 0 fully saturated rings. The third-order valence-electron chi connectivity index (χ3n) is 2.24. The summed E-state index contributed by atoms with van der Waals surface area (Å²) in [5.41, 5.74) is -0.456. The molecule has 1 unspecified atom stereocenters. The first-order valence-electron chi connectivity index (χ1n) is 4.89. The van der Waals surface area contributed by atoms with Crippen LogP contribution in [0.25, 0.3) is 0 Å². The predicted octanol–water partition coefficient (Wildman–Crippen LogP) is 3.24. The van der Waals surface area contributed by atoms with Crippen LogP contribution < -0.4 is 0 Å². The molecule has 0 spiro atoms. The molecule has 98 valence electrons. The maximum atomic E-state index is 13.3. The Hall–Kier alpha value is -1.62. The lowest BCUT2D eigenvalue weighted by molar-refractivity contribution is -0.139. The fourth-order valence-corrected chi connectivity index (χ4v) is 1.60. The van der Waals surface area contributed by atoms with Crippen molar-refractivity contribution in [1.29, 1.82) is 0 Å². The van der Waals surface area contributed by atoms with E-state index in [9.17, 15) is 13.6 Å². The summed E-state index contributed by atoms with van der Waals surface area (Å²) in [6.45, 7) is 7.46. The molecule has 1 atom stereocenters. The molecule has 1 heterocycles. The second-order valence-corrected chi connectivity index (χ2v) is 4.17. The lowest BCUT2D eigenvalue weighted by atomic mass is 9.98. The van der Waals surface area contributed by atoms with Gasteiger partial charge in [-0.2, -0.15) is 0 Å². The summed E-state index contributed by atoms with van der Waals surface area (Å²) in [4.78, 5) is 10.9. The molecule has 6 heteroatoms. The van der Waals surface area contributed by atoms with Gasteiger partial charge in [0.1, 0.15) is 5.76 Å². The first kappa shape index (κ1) is 14.4. The van der Waals surface area contributed by atoms with Gasteiger partial charge in [0.2, 0.25) is 0 Å². The van der Waals surface area contributed by atoms with Crippen molar-refractivity contribution in [1.82, 2.24) is 0 Å². The van der Waals surface area contributed by atoms with Crippen molar-refractivity contribution >= 4 is 17.6 Å². The topological polar surface area (TPSA) is 46.5 Å². The summed E-state index contributed by atoms with van der Waals surface area (Å²) in [5.74, 6) is -4.95. The molecule has 0 aromatic carbocycles. The Morgan fingerprint density at radius 3 is 2.61 bits per heavy atom. The Morgan fingerprint density at radius 1 is 1.67 bits per heavy atom. The van der Waals surface area contributed by atoms with Gasteiger partial charge < -0.3 is 9.84 Å². The average Bonchev–Trinajstić information content (AvgIpc) is 2.25. The summed E-state index contributed by atoms with van der Waals surface area (Å²) in [6.07, 6.45) is 0.311. The average molecular weight is 277 g/mol. The molecule has 1 aliphatic heterocycles. The maximum Gasteiger partial charge on any atom is 0.335 e. The third kappa shape index (κ3) is 2.79. The van der Waals surface area contributed by atoms with Gasteiger partial charge in [-0.25, -0.2) is 13.6 Å². The van der Waals surface area contributed by atoms with E-state index in [1.54, 1.807) is 0 Å². The number of aliphatic carboxylic acids is 1. The number of allylic oxidation sites excluding steroid dienone is 3. The Balaban J connectivity index is 3.35. The second kappa shape index (κ2) is 4.94. The molecule has 0 radical (unpaired) electrons. The number of carbonyl (C=O) groups is 1. The van der Waals surface area contributed by atoms with E-state index in [0.29, 0.717) is 6.92 Å². The molecule has 3 nitrogen and oxygen atoms in total. The predicted molar refractivity (Wildman–Crippen MR) is 63.4 cm³/mol. The summed E-state index contributed by atoms with van der Waals surface area (Å²) >= 11 is 5.74. The maximum absolute atomic E-state index is 13.3. The van der Waals surface area contributed by atoms with Gasteiger partial charge in [-0.15, -0.1) is 0 Å². The van der Waals surface area contributed by atoms with E-state index in [4.69, 9.17) is 21.4 Å². The van der Waals surface area contributed by atoms with Gasteiger partial charge in [0, 0.05) is 12.5 Å². The standard InChI is InChI=1S/C12H11ClF2O3/c1-4-8(13)9-6(2)5-7(11(16)17)10(18-9)12(3,14)15/h4-5,10H,1-2H2,3H3,(H,16,17)/b9-8-. The summed E-state index contributed by atoms with van der Waals surface area (Å²) in [5, 5.41) is 8.88. The fourth-order valence-electron chi connectivity index (χ4n) is 1.44. The van der Waals surface area contributed by atoms with Crippen molar-refractivity contribution < 1.29 is 23.4 Å². The van der Waals surface area contributed by atoms with Crippen molar-refractivity contribution in [2.45, 2.75) is 19.0 Å². The highest BCUT2D eigenvalue weighted by Gasteiger charge is 2.44. The molecule has 0 aromatic heterocycles. The van der Waals surface area contributed by atoms with Crippen molar-refractivity contribution in [2.75, 3.05) is 0 Å². The van der Waals surface area contributed by atoms with Gasteiger partial charge in [-0.05, 0) is 12.2 Å². The van der Waals surface area contributed by atoms with Crippen molar-refractivity contribution in [3.05, 3.63) is 47.2 Å². The minimum absolute atomic E-state index is 0.00469. The number of halogens is 3. The summed E-state index contributed by atoms with van der Waals surface area (Å²) < 4.78 is 31.6. The normalized spacial score (nSPS) is 23.0. The van der Waals surface area contributed by atoms with Gasteiger partial charge in [0.15, 0.2) is 6.10 Å². The highest BCUT2D eigenvalue weighted by molar-refractivity contribution is 6.31. The van der Waals surface area contributed by atoms with Crippen LogP contribution in [0.3, 0.4) is 0 Å². The summed E-state index contributed by atoms with van der Waals surface area (Å²) in [7, 11) is 0. The largest absolute Gasteiger partial charge is 0.478 e. The molecule has 18 heavy (non-hydrogen) atoms. The van der Waals surface area contributed by atoms with E-state index < -0.39 is 23.6 Å². The molecule has 0 saturated carbocycles. The lowest BCUT2D eigenvalue weighted by Gasteiger charge is -2.30. The minimum Gasteiger partial charge on any atom is -0.478 e. The van der Waals surface area contributed by atoms with Crippen LogP contribution in [0.5, 0.6) is 0 Å². The highest BCUT2D eigenvalue weighted by Crippen LogP contribution is 2.36. The Labute approximate surface area is 108 Å². The summed E-state index contributed by atoms with van der Waals surface area (Å²) in [6, 6.07) is 0. The monoisotopic (exact) mass is 276 g/mol. The van der Waals surface area contributed by atoms with E-state index in [-0.39, 0.29) is 16.4 Å². The van der Waals surface area contributed by atoms with Crippen LogP contribution in [-0.4, -0.2) is 23.1 Å². The third-order valence-corrected chi connectivity index (χ3v) is 2.57. The Kier molecular flexibility index (Phi) is 3.96. The highest BCUT2D eigenvalue weighted by atomic mass is 35.5. The number of ether oxygens (including phenoxy) is 1. The molecular formula is C12H11ClF2O3. The molecular weight excluding hydrogens is 266 g/mol. The Bertz CT molecular complexity index is 472. The van der Waals surface area contributed by atoms with Gasteiger partial charge >= 0.3 is 5.97 Å². The van der Waals surface area contributed by atoms with E-state index in [1.165, 1.54) is 6.08 Å². The number of rotatable bonds is 3. The van der Waals surface area contributed by atoms with Crippen molar-refractivity contribution in [2.24, 2.45) is 0 Å². The molecule has 1 N–H and O–H groups in total. The molecule has 1 rings (SSSR count). The van der Waals surface area contributed by atoms with Crippen molar-refractivity contribution in [3.8, 4) is 0 Å². The fraction of sp³-hybridized carbons (Fsp3) is 0.250. The smallest absolute Gasteiger partial charge is 0.335 e. The molecule has 0 saturated heterocycles. The van der Waals surface area contributed by atoms with E-state index >= 15 is 0 Å². The number of alkyl halides is 2. The number of hydrogen-bond donors (Lipinski definition) is 1. The molecule has 0 bridgehead atoms.